The molecule has 0 radical (unpaired) electrons. The van der Waals surface area contributed by atoms with Gasteiger partial charge in [0.25, 0.3) is 0 Å². The largest absolute Gasteiger partial charge is 0.496 e. The van der Waals surface area contributed by atoms with Crippen LogP contribution >= 0.6 is 0 Å². The van der Waals surface area contributed by atoms with Gasteiger partial charge in [-0.05, 0) is 55.0 Å². The molecule has 0 spiro atoms. The number of aryl methyl sites for hydroxylation is 1. The molecule has 0 atom stereocenters. The number of hydrogen-bond acceptors (Lipinski definition) is 4. The van der Waals surface area contributed by atoms with Gasteiger partial charge in [0.05, 0.1) is 7.11 Å². The fraction of sp³-hybridized carbons (Fsp3) is 0.500. The van der Waals surface area contributed by atoms with Gasteiger partial charge in [-0.1, -0.05) is 31.0 Å². The lowest BCUT2D eigenvalue weighted by atomic mass is 10.1. The number of rotatable bonds is 7. The summed E-state index contributed by atoms with van der Waals surface area (Å²) in [5, 5.41) is 6.75. The van der Waals surface area contributed by atoms with Crippen molar-refractivity contribution < 1.29 is 4.74 Å². The molecule has 0 aliphatic carbocycles. The number of hydrogen-bond donors (Lipinski definition) is 2. The normalized spacial score (nSPS) is 14.9. The minimum atomic E-state index is 0.700. The molecular formula is C24H35N5O. The predicted octanol–water partition coefficient (Wildman–Crippen LogP) is 3.69. The van der Waals surface area contributed by atoms with Crippen LogP contribution in [0.25, 0.3) is 0 Å². The van der Waals surface area contributed by atoms with E-state index in [-0.39, 0.29) is 0 Å². The SMILES string of the molecule is CN=C(NCCc1ccc(C)c(OC)c1)NCc1ccc(N2CCCCCC2)nc1. The molecule has 6 nitrogen and oxygen atoms in total. The molecule has 1 saturated heterocycles. The molecule has 0 saturated carbocycles. The molecule has 2 N–H and O–H groups in total. The highest BCUT2D eigenvalue weighted by Crippen LogP contribution is 2.19. The summed E-state index contributed by atoms with van der Waals surface area (Å²) in [6, 6.07) is 10.6. The van der Waals surface area contributed by atoms with Gasteiger partial charge in [0.2, 0.25) is 0 Å². The summed E-state index contributed by atoms with van der Waals surface area (Å²) in [6.45, 7) is 5.80. The van der Waals surface area contributed by atoms with Crippen LogP contribution in [-0.2, 0) is 13.0 Å². The van der Waals surface area contributed by atoms with E-state index in [9.17, 15) is 0 Å². The lowest BCUT2D eigenvalue weighted by Crippen LogP contribution is -2.37. The smallest absolute Gasteiger partial charge is 0.191 e. The van der Waals surface area contributed by atoms with E-state index in [1.165, 1.54) is 31.2 Å². The third-order valence-corrected chi connectivity index (χ3v) is 5.60. The van der Waals surface area contributed by atoms with Crippen LogP contribution in [0.15, 0.2) is 41.5 Å². The van der Waals surface area contributed by atoms with Gasteiger partial charge in [-0.3, -0.25) is 4.99 Å². The first-order valence-electron chi connectivity index (χ1n) is 11.0. The molecule has 0 unspecified atom stereocenters. The number of aromatic nitrogens is 1. The number of ether oxygens (including phenoxy) is 1. The van der Waals surface area contributed by atoms with E-state index in [1.54, 1.807) is 14.2 Å². The zero-order chi connectivity index (χ0) is 21.2. The highest BCUT2D eigenvalue weighted by atomic mass is 16.5. The summed E-state index contributed by atoms with van der Waals surface area (Å²) in [7, 11) is 3.51. The van der Waals surface area contributed by atoms with Crippen LogP contribution in [-0.4, -0.2) is 44.7 Å². The van der Waals surface area contributed by atoms with E-state index in [0.717, 1.165) is 54.7 Å². The summed E-state index contributed by atoms with van der Waals surface area (Å²) >= 11 is 0. The van der Waals surface area contributed by atoms with Crippen molar-refractivity contribution in [1.29, 1.82) is 0 Å². The molecule has 2 aromatic rings. The van der Waals surface area contributed by atoms with Gasteiger partial charge in [0.15, 0.2) is 5.96 Å². The fourth-order valence-electron chi connectivity index (χ4n) is 3.76. The minimum absolute atomic E-state index is 0.700. The van der Waals surface area contributed by atoms with Crippen molar-refractivity contribution in [3.63, 3.8) is 0 Å². The Balaban J connectivity index is 1.44. The van der Waals surface area contributed by atoms with Crippen LogP contribution in [0.5, 0.6) is 5.75 Å². The summed E-state index contributed by atoms with van der Waals surface area (Å²) in [5.41, 5.74) is 3.55. The number of nitrogens with zero attached hydrogens (tertiary/aromatic N) is 3. The van der Waals surface area contributed by atoms with Gasteiger partial charge in [-0.25, -0.2) is 4.98 Å². The molecule has 1 aliphatic heterocycles. The second-order valence-electron chi connectivity index (χ2n) is 7.83. The molecule has 3 rings (SSSR count). The monoisotopic (exact) mass is 409 g/mol. The van der Waals surface area contributed by atoms with Crippen molar-refractivity contribution in [2.24, 2.45) is 4.99 Å². The van der Waals surface area contributed by atoms with Crippen molar-refractivity contribution in [2.75, 3.05) is 38.7 Å². The van der Waals surface area contributed by atoms with Crippen LogP contribution in [0.3, 0.4) is 0 Å². The fourth-order valence-corrected chi connectivity index (χ4v) is 3.76. The van der Waals surface area contributed by atoms with E-state index in [0.29, 0.717) is 6.54 Å². The van der Waals surface area contributed by atoms with Crippen LogP contribution in [0.1, 0.15) is 42.4 Å². The summed E-state index contributed by atoms with van der Waals surface area (Å²) in [5.74, 6) is 2.83. The van der Waals surface area contributed by atoms with Crippen molar-refractivity contribution in [1.82, 2.24) is 15.6 Å². The molecule has 1 aliphatic rings. The highest BCUT2D eigenvalue weighted by molar-refractivity contribution is 5.79. The van der Waals surface area contributed by atoms with Crippen molar-refractivity contribution in [3.8, 4) is 5.75 Å². The Morgan fingerprint density at radius 3 is 2.50 bits per heavy atom. The van der Waals surface area contributed by atoms with E-state index in [1.807, 2.05) is 6.20 Å². The molecule has 1 aromatic carbocycles. The van der Waals surface area contributed by atoms with Crippen LogP contribution in [0.4, 0.5) is 5.82 Å². The maximum Gasteiger partial charge on any atom is 0.191 e. The molecular weight excluding hydrogens is 374 g/mol. The average Bonchev–Trinajstić information content (AvgIpc) is 3.07. The van der Waals surface area contributed by atoms with Gasteiger partial charge in [0, 0.05) is 39.4 Å². The molecule has 162 valence electrons. The minimum Gasteiger partial charge on any atom is -0.496 e. The Kier molecular flexibility index (Phi) is 8.36. The maximum absolute atomic E-state index is 5.41. The average molecular weight is 410 g/mol. The van der Waals surface area contributed by atoms with Crippen LogP contribution < -0.4 is 20.3 Å². The Morgan fingerprint density at radius 2 is 1.83 bits per heavy atom. The van der Waals surface area contributed by atoms with Gasteiger partial charge < -0.3 is 20.3 Å². The third-order valence-electron chi connectivity index (χ3n) is 5.60. The van der Waals surface area contributed by atoms with E-state index >= 15 is 0 Å². The molecule has 0 bridgehead atoms. The summed E-state index contributed by atoms with van der Waals surface area (Å²) in [6.07, 6.45) is 8.08. The Morgan fingerprint density at radius 1 is 1.07 bits per heavy atom. The van der Waals surface area contributed by atoms with Gasteiger partial charge in [0.1, 0.15) is 11.6 Å². The first-order chi connectivity index (χ1) is 14.7. The zero-order valence-corrected chi connectivity index (χ0v) is 18.6. The topological polar surface area (TPSA) is 61.8 Å². The standard InChI is InChI=1S/C24H35N5O/c1-19-8-9-20(16-22(19)30-3)12-13-26-24(25-2)28-18-21-10-11-23(27-17-21)29-14-6-4-5-7-15-29/h8-11,16-17H,4-7,12-15,18H2,1-3H3,(H2,25,26,28). The number of benzene rings is 1. The van der Waals surface area contributed by atoms with E-state index in [4.69, 9.17) is 4.74 Å². The molecule has 2 heterocycles. The number of guanidine groups is 1. The Bertz CT molecular complexity index is 811. The van der Waals surface area contributed by atoms with Gasteiger partial charge in [-0.15, -0.1) is 0 Å². The second-order valence-corrected chi connectivity index (χ2v) is 7.83. The maximum atomic E-state index is 5.41. The summed E-state index contributed by atoms with van der Waals surface area (Å²) in [4.78, 5) is 11.4. The zero-order valence-electron chi connectivity index (χ0n) is 18.6. The lowest BCUT2D eigenvalue weighted by Gasteiger charge is -2.21. The number of anilines is 1. The van der Waals surface area contributed by atoms with Crippen molar-refractivity contribution in [2.45, 2.75) is 45.6 Å². The van der Waals surface area contributed by atoms with Crippen LogP contribution in [0, 0.1) is 6.92 Å². The van der Waals surface area contributed by atoms with Gasteiger partial charge >= 0.3 is 0 Å². The van der Waals surface area contributed by atoms with Crippen molar-refractivity contribution >= 4 is 11.8 Å². The first kappa shape index (κ1) is 21.9. The number of pyridine rings is 1. The number of aliphatic imine (C=N–C) groups is 1. The molecule has 6 heteroatoms. The van der Waals surface area contributed by atoms with Crippen molar-refractivity contribution in [3.05, 3.63) is 53.2 Å². The lowest BCUT2D eigenvalue weighted by molar-refractivity contribution is 0.411. The third kappa shape index (κ3) is 6.37. The predicted molar refractivity (Wildman–Crippen MR) is 125 cm³/mol. The molecule has 0 amide bonds. The quantitative estimate of drug-likeness (QED) is 0.539. The number of methoxy groups -OCH3 is 1. The van der Waals surface area contributed by atoms with Crippen LogP contribution in [0.2, 0.25) is 0 Å². The second kappa shape index (κ2) is 11.4. The summed E-state index contributed by atoms with van der Waals surface area (Å²) < 4.78 is 5.41. The highest BCUT2D eigenvalue weighted by Gasteiger charge is 2.10. The van der Waals surface area contributed by atoms with E-state index < -0.39 is 0 Å². The Hall–Kier alpha value is -2.76. The molecule has 30 heavy (non-hydrogen) atoms. The number of nitrogens with one attached hydrogen (secondary N) is 2. The van der Waals surface area contributed by atoms with Gasteiger partial charge in [-0.2, -0.15) is 0 Å². The molecule has 1 aromatic heterocycles. The Labute approximate surface area is 180 Å². The molecule has 1 fully saturated rings. The first-order valence-corrected chi connectivity index (χ1v) is 11.0. The van der Waals surface area contributed by atoms with E-state index in [2.05, 4.69) is 62.8 Å².